The molecule has 3 heteroatoms. The van der Waals surface area contributed by atoms with Gasteiger partial charge in [0.2, 0.25) is 0 Å². The highest BCUT2D eigenvalue weighted by Crippen LogP contribution is 2.34. The third kappa shape index (κ3) is 4.45. The van der Waals surface area contributed by atoms with Crippen molar-refractivity contribution < 1.29 is 0 Å². The Morgan fingerprint density at radius 3 is 1.70 bits per heavy atom. The van der Waals surface area contributed by atoms with Gasteiger partial charge in [0.1, 0.15) is 0 Å². The van der Waals surface area contributed by atoms with Crippen molar-refractivity contribution in [2.45, 2.75) is 6.92 Å². The Morgan fingerprint density at radius 2 is 1.17 bits per heavy atom. The van der Waals surface area contributed by atoms with Crippen LogP contribution >= 0.6 is 0 Å². The van der Waals surface area contributed by atoms with Crippen LogP contribution in [0.5, 0.6) is 0 Å². The third-order valence-electron chi connectivity index (χ3n) is 3.42. The van der Waals surface area contributed by atoms with Crippen molar-refractivity contribution in [3.05, 3.63) is 84.4 Å². The van der Waals surface area contributed by atoms with E-state index in [1.807, 2.05) is 0 Å². The Balaban J connectivity index is 0.000000433. The Labute approximate surface area is 137 Å². The van der Waals surface area contributed by atoms with Crippen LogP contribution in [-0.4, -0.2) is 5.96 Å². The minimum Gasteiger partial charge on any atom is -0.370 e. The molecule has 0 aliphatic heterocycles. The molecule has 3 aromatic rings. The van der Waals surface area contributed by atoms with Gasteiger partial charge in [-0.2, -0.15) is 0 Å². The van der Waals surface area contributed by atoms with E-state index < -0.39 is 0 Å². The van der Waals surface area contributed by atoms with Crippen molar-refractivity contribution in [1.82, 2.24) is 0 Å². The summed E-state index contributed by atoms with van der Waals surface area (Å²) in [5.41, 5.74) is 15.4. The second-order valence-corrected chi connectivity index (χ2v) is 5.18. The summed E-state index contributed by atoms with van der Waals surface area (Å²) in [6.07, 6.45) is 0. The number of nitrogens with two attached hydrogens (primary N) is 2. The molecule has 0 amide bonds. The molecule has 0 heterocycles. The summed E-state index contributed by atoms with van der Waals surface area (Å²) in [4.78, 5) is 0. The minimum absolute atomic E-state index is 0.333. The summed E-state index contributed by atoms with van der Waals surface area (Å²) in [7, 11) is 0. The van der Waals surface area contributed by atoms with Crippen LogP contribution in [0.2, 0.25) is 0 Å². The number of guanidine groups is 1. The molecule has 3 rings (SSSR count). The number of aryl methyl sites for hydroxylation is 1. The fraction of sp³-hybridized carbons (Fsp3) is 0.0500. The molecule has 116 valence electrons. The molecule has 0 radical (unpaired) electrons. The van der Waals surface area contributed by atoms with E-state index in [4.69, 9.17) is 5.41 Å². The average Bonchev–Trinajstić information content (AvgIpc) is 2.56. The van der Waals surface area contributed by atoms with Gasteiger partial charge in [0, 0.05) is 0 Å². The highest BCUT2D eigenvalue weighted by atomic mass is 14.9. The van der Waals surface area contributed by atoms with Crippen LogP contribution in [0.3, 0.4) is 0 Å². The lowest BCUT2D eigenvalue weighted by atomic mass is 9.91. The quantitative estimate of drug-likeness (QED) is 0.491. The molecule has 0 aromatic heterocycles. The van der Waals surface area contributed by atoms with Crippen LogP contribution < -0.4 is 11.5 Å². The fourth-order valence-electron chi connectivity index (χ4n) is 2.51. The van der Waals surface area contributed by atoms with Crippen molar-refractivity contribution in [3.8, 4) is 22.3 Å². The number of rotatable bonds is 2. The van der Waals surface area contributed by atoms with E-state index in [1.54, 1.807) is 0 Å². The summed E-state index contributed by atoms with van der Waals surface area (Å²) in [6.45, 7) is 2.18. The standard InChI is InChI=1S/C19H16.CH5N3/c1-15-9-8-14-18(16-10-4-2-5-11-16)19(15)17-12-6-3-7-13-17;2-1(3)4/h2-14H,1H3;(H5,2,3,4). The molecule has 5 N–H and O–H groups in total. The van der Waals surface area contributed by atoms with E-state index in [0.29, 0.717) is 0 Å². The van der Waals surface area contributed by atoms with Gasteiger partial charge < -0.3 is 11.5 Å². The molecule has 0 aliphatic rings. The van der Waals surface area contributed by atoms with E-state index in [-0.39, 0.29) is 5.96 Å². The maximum absolute atomic E-state index is 6.06. The highest BCUT2D eigenvalue weighted by Gasteiger charge is 2.09. The van der Waals surface area contributed by atoms with Gasteiger partial charge in [0.05, 0.1) is 0 Å². The summed E-state index contributed by atoms with van der Waals surface area (Å²) < 4.78 is 0. The molecular formula is C20H21N3. The van der Waals surface area contributed by atoms with Crippen LogP contribution in [0.25, 0.3) is 22.3 Å². The molecular weight excluding hydrogens is 282 g/mol. The van der Waals surface area contributed by atoms with Gasteiger partial charge in [-0.3, -0.25) is 5.41 Å². The van der Waals surface area contributed by atoms with Crippen LogP contribution in [0.15, 0.2) is 78.9 Å². The molecule has 0 saturated carbocycles. The second-order valence-electron chi connectivity index (χ2n) is 5.18. The van der Waals surface area contributed by atoms with Crippen molar-refractivity contribution in [1.29, 1.82) is 5.41 Å². The zero-order valence-electron chi connectivity index (χ0n) is 13.2. The van der Waals surface area contributed by atoms with Crippen LogP contribution in [0, 0.1) is 12.3 Å². The first-order chi connectivity index (χ1) is 11.1. The molecule has 0 saturated heterocycles. The maximum atomic E-state index is 6.06. The van der Waals surface area contributed by atoms with E-state index in [9.17, 15) is 0 Å². The molecule has 3 aromatic carbocycles. The second kappa shape index (κ2) is 7.80. The number of hydrogen-bond donors (Lipinski definition) is 3. The fourth-order valence-corrected chi connectivity index (χ4v) is 2.51. The lowest BCUT2D eigenvalue weighted by Crippen LogP contribution is -2.20. The smallest absolute Gasteiger partial charge is 0.183 e. The third-order valence-corrected chi connectivity index (χ3v) is 3.42. The van der Waals surface area contributed by atoms with Gasteiger partial charge >= 0.3 is 0 Å². The molecule has 0 unspecified atom stereocenters. The predicted molar refractivity (Wildman–Crippen MR) is 98.2 cm³/mol. The van der Waals surface area contributed by atoms with Gasteiger partial charge in [-0.05, 0) is 34.7 Å². The monoisotopic (exact) mass is 303 g/mol. The van der Waals surface area contributed by atoms with E-state index in [0.717, 1.165) is 0 Å². The molecule has 0 atom stereocenters. The summed E-state index contributed by atoms with van der Waals surface area (Å²) in [5, 5.41) is 6.06. The highest BCUT2D eigenvalue weighted by molar-refractivity contribution is 5.85. The van der Waals surface area contributed by atoms with E-state index in [2.05, 4.69) is 97.3 Å². The minimum atomic E-state index is -0.333. The molecule has 0 bridgehead atoms. The summed E-state index contributed by atoms with van der Waals surface area (Å²) in [5.74, 6) is -0.333. The Bertz CT molecular complexity index is 761. The predicted octanol–water partition coefficient (Wildman–Crippen LogP) is 4.17. The van der Waals surface area contributed by atoms with Crippen molar-refractivity contribution in [2.75, 3.05) is 0 Å². The van der Waals surface area contributed by atoms with Gasteiger partial charge in [-0.1, -0.05) is 78.9 Å². The summed E-state index contributed by atoms with van der Waals surface area (Å²) >= 11 is 0. The molecule has 3 nitrogen and oxygen atoms in total. The number of nitrogens with one attached hydrogen (secondary N) is 1. The summed E-state index contributed by atoms with van der Waals surface area (Å²) in [6, 6.07) is 27.7. The normalized spacial score (nSPS) is 9.61. The first kappa shape index (κ1) is 16.3. The molecule has 0 spiro atoms. The Hall–Kier alpha value is -3.07. The SMILES string of the molecule is Cc1cccc(-c2ccccc2)c1-c1ccccc1.N=C(N)N. The van der Waals surface area contributed by atoms with E-state index in [1.165, 1.54) is 27.8 Å². The average molecular weight is 303 g/mol. The lowest BCUT2D eigenvalue weighted by Gasteiger charge is -2.13. The van der Waals surface area contributed by atoms with E-state index >= 15 is 0 Å². The lowest BCUT2D eigenvalue weighted by molar-refractivity contribution is 1.39. The largest absolute Gasteiger partial charge is 0.370 e. The Morgan fingerprint density at radius 1 is 0.696 bits per heavy atom. The molecule has 23 heavy (non-hydrogen) atoms. The first-order valence-electron chi connectivity index (χ1n) is 7.39. The molecule has 0 fully saturated rings. The number of benzene rings is 3. The van der Waals surface area contributed by atoms with Gasteiger partial charge in [0.25, 0.3) is 0 Å². The van der Waals surface area contributed by atoms with Gasteiger partial charge in [0.15, 0.2) is 5.96 Å². The number of hydrogen-bond acceptors (Lipinski definition) is 1. The van der Waals surface area contributed by atoms with Gasteiger partial charge in [-0.15, -0.1) is 0 Å². The Kier molecular flexibility index (Phi) is 5.53. The van der Waals surface area contributed by atoms with Crippen molar-refractivity contribution >= 4 is 5.96 Å². The van der Waals surface area contributed by atoms with Crippen LogP contribution in [0.4, 0.5) is 0 Å². The van der Waals surface area contributed by atoms with Gasteiger partial charge in [-0.25, -0.2) is 0 Å². The zero-order chi connectivity index (χ0) is 16.7. The van der Waals surface area contributed by atoms with Crippen LogP contribution in [0.1, 0.15) is 5.56 Å². The van der Waals surface area contributed by atoms with Crippen molar-refractivity contribution in [2.24, 2.45) is 11.5 Å². The molecule has 0 aliphatic carbocycles. The van der Waals surface area contributed by atoms with Crippen LogP contribution in [-0.2, 0) is 0 Å². The van der Waals surface area contributed by atoms with Crippen molar-refractivity contribution in [3.63, 3.8) is 0 Å². The maximum Gasteiger partial charge on any atom is 0.183 e. The zero-order valence-corrected chi connectivity index (χ0v) is 13.2. The first-order valence-corrected chi connectivity index (χ1v) is 7.39. The topological polar surface area (TPSA) is 75.9 Å².